The van der Waals surface area contributed by atoms with Gasteiger partial charge in [0.1, 0.15) is 0 Å². The van der Waals surface area contributed by atoms with Crippen molar-refractivity contribution >= 4 is 22.1 Å². The second-order valence-corrected chi connectivity index (χ2v) is 6.38. The molecule has 21 heavy (non-hydrogen) atoms. The molecule has 0 saturated carbocycles. The maximum Gasteiger partial charge on any atom is 0.0975 e. The van der Waals surface area contributed by atoms with Crippen molar-refractivity contribution < 1.29 is 0 Å². The van der Waals surface area contributed by atoms with Crippen LogP contribution in [-0.2, 0) is 13.0 Å². The van der Waals surface area contributed by atoms with Gasteiger partial charge in [-0.2, -0.15) is 0 Å². The lowest BCUT2D eigenvalue weighted by molar-refractivity contribution is 0.731. The van der Waals surface area contributed by atoms with E-state index in [2.05, 4.69) is 61.6 Å². The summed E-state index contributed by atoms with van der Waals surface area (Å²) >= 11 is 1.83. The van der Waals surface area contributed by atoms with Crippen molar-refractivity contribution in [2.24, 2.45) is 0 Å². The van der Waals surface area contributed by atoms with Crippen LogP contribution in [0.3, 0.4) is 0 Å². The Morgan fingerprint density at radius 3 is 2.76 bits per heavy atom. The van der Waals surface area contributed by atoms with Gasteiger partial charge in [-0.15, -0.1) is 11.3 Å². The topological polar surface area (TPSA) is 24.9 Å². The molecule has 2 nitrogen and oxygen atoms in total. The van der Waals surface area contributed by atoms with Crippen LogP contribution in [0.15, 0.2) is 42.5 Å². The highest BCUT2D eigenvalue weighted by Crippen LogP contribution is 2.25. The molecule has 0 aliphatic carbocycles. The van der Waals surface area contributed by atoms with Crippen molar-refractivity contribution in [2.75, 3.05) is 6.54 Å². The fourth-order valence-corrected chi connectivity index (χ4v) is 3.64. The van der Waals surface area contributed by atoms with Crippen molar-refractivity contribution in [1.82, 2.24) is 10.3 Å². The molecule has 0 unspecified atom stereocenters. The Morgan fingerprint density at radius 2 is 1.90 bits per heavy atom. The molecule has 0 amide bonds. The van der Waals surface area contributed by atoms with E-state index in [4.69, 9.17) is 4.98 Å². The smallest absolute Gasteiger partial charge is 0.0975 e. The Morgan fingerprint density at radius 1 is 1.10 bits per heavy atom. The van der Waals surface area contributed by atoms with Crippen molar-refractivity contribution in [3.8, 4) is 0 Å². The number of nitrogens with zero attached hydrogens (tertiary/aromatic N) is 1. The minimum absolute atomic E-state index is 0.916. The maximum atomic E-state index is 4.74. The molecule has 3 heteroatoms. The van der Waals surface area contributed by atoms with E-state index < -0.39 is 0 Å². The van der Waals surface area contributed by atoms with Gasteiger partial charge in [0, 0.05) is 17.8 Å². The Balaban J connectivity index is 1.88. The molecule has 0 fully saturated rings. The fourth-order valence-electron chi connectivity index (χ4n) is 2.58. The predicted octanol–water partition coefficient (Wildman–Crippen LogP) is 4.31. The molecule has 0 bridgehead atoms. The van der Waals surface area contributed by atoms with Crippen LogP contribution >= 0.6 is 11.3 Å². The molecule has 0 aliphatic heterocycles. The number of rotatable bonds is 5. The van der Waals surface area contributed by atoms with Crippen LogP contribution in [0.1, 0.15) is 28.1 Å². The Kier molecular flexibility index (Phi) is 4.32. The first-order valence-electron chi connectivity index (χ1n) is 7.40. The van der Waals surface area contributed by atoms with Gasteiger partial charge in [0.15, 0.2) is 0 Å². The van der Waals surface area contributed by atoms with Crippen molar-refractivity contribution in [3.63, 3.8) is 0 Å². The Labute approximate surface area is 129 Å². The van der Waals surface area contributed by atoms with Gasteiger partial charge >= 0.3 is 0 Å². The molecular formula is C18H20N2S. The first kappa shape index (κ1) is 14.2. The van der Waals surface area contributed by atoms with Gasteiger partial charge in [-0.05, 0) is 29.8 Å². The van der Waals surface area contributed by atoms with Gasteiger partial charge < -0.3 is 5.32 Å². The van der Waals surface area contributed by atoms with E-state index in [1.165, 1.54) is 26.2 Å². The standard InChI is InChI=1S/C18H20N2S/c1-3-19-12-17-13(2)20-18(21-17)11-15-9-6-8-14-7-4-5-10-16(14)15/h4-10,19H,3,11-12H2,1-2H3. The molecule has 1 aromatic heterocycles. The van der Waals surface area contributed by atoms with Crippen molar-refractivity contribution in [3.05, 3.63) is 63.6 Å². The molecule has 2 aromatic carbocycles. The number of fused-ring (bicyclic) bond motifs is 1. The summed E-state index contributed by atoms with van der Waals surface area (Å²) in [6, 6.07) is 15.1. The highest BCUT2D eigenvalue weighted by atomic mass is 32.1. The molecule has 108 valence electrons. The van der Waals surface area contributed by atoms with E-state index in [9.17, 15) is 0 Å². The number of nitrogens with one attached hydrogen (secondary N) is 1. The van der Waals surface area contributed by atoms with Gasteiger partial charge in [0.05, 0.1) is 10.7 Å². The van der Waals surface area contributed by atoms with Gasteiger partial charge in [-0.3, -0.25) is 0 Å². The summed E-state index contributed by atoms with van der Waals surface area (Å²) in [6.07, 6.45) is 0.916. The molecule has 0 spiro atoms. The minimum Gasteiger partial charge on any atom is -0.312 e. The molecule has 0 aliphatic rings. The van der Waals surface area contributed by atoms with E-state index in [1.807, 2.05) is 11.3 Å². The molecule has 0 radical (unpaired) electrons. The van der Waals surface area contributed by atoms with Gasteiger partial charge in [-0.25, -0.2) is 4.98 Å². The average Bonchev–Trinajstić information content (AvgIpc) is 2.85. The van der Waals surface area contributed by atoms with Crippen LogP contribution < -0.4 is 5.32 Å². The zero-order chi connectivity index (χ0) is 14.7. The number of aryl methyl sites for hydroxylation is 1. The molecule has 1 N–H and O–H groups in total. The molecular weight excluding hydrogens is 276 g/mol. The van der Waals surface area contributed by atoms with E-state index >= 15 is 0 Å². The predicted molar refractivity (Wildman–Crippen MR) is 91.0 cm³/mol. The summed E-state index contributed by atoms with van der Waals surface area (Å²) in [7, 11) is 0. The number of hydrogen-bond acceptors (Lipinski definition) is 3. The molecule has 0 atom stereocenters. The van der Waals surface area contributed by atoms with Gasteiger partial charge in [0.25, 0.3) is 0 Å². The van der Waals surface area contributed by atoms with Crippen LogP contribution in [0, 0.1) is 6.92 Å². The second kappa shape index (κ2) is 6.37. The Bertz CT molecular complexity index is 741. The van der Waals surface area contributed by atoms with Gasteiger partial charge in [0.2, 0.25) is 0 Å². The SMILES string of the molecule is CCNCc1sc(Cc2cccc3ccccc23)nc1C. The quantitative estimate of drug-likeness (QED) is 0.759. The van der Waals surface area contributed by atoms with E-state index in [0.717, 1.165) is 25.2 Å². The molecule has 3 rings (SSSR count). The minimum atomic E-state index is 0.916. The first-order chi connectivity index (χ1) is 10.3. The van der Waals surface area contributed by atoms with Crippen LogP contribution in [-0.4, -0.2) is 11.5 Å². The monoisotopic (exact) mass is 296 g/mol. The molecule has 0 saturated heterocycles. The van der Waals surface area contributed by atoms with Crippen molar-refractivity contribution in [1.29, 1.82) is 0 Å². The van der Waals surface area contributed by atoms with E-state index in [-0.39, 0.29) is 0 Å². The highest BCUT2D eigenvalue weighted by molar-refractivity contribution is 7.11. The maximum absolute atomic E-state index is 4.74. The summed E-state index contributed by atoms with van der Waals surface area (Å²) in [5.41, 5.74) is 2.52. The Hall–Kier alpha value is -1.71. The van der Waals surface area contributed by atoms with E-state index in [1.54, 1.807) is 0 Å². The summed E-state index contributed by atoms with van der Waals surface area (Å²) in [6.45, 7) is 6.16. The van der Waals surface area contributed by atoms with Crippen LogP contribution in [0.5, 0.6) is 0 Å². The average molecular weight is 296 g/mol. The van der Waals surface area contributed by atoms with Crippen LogP contribution in [0.25, 0.3) is 10.8 Å². The lowest BCUT2D eigenvalue weighted by atomic mass is 10.0. The van der Waals surface area contributed by atoms with Crippen molar-refractivity contribution in [2.45, 2.75) is 26.8 Å². The zero-order valence-electron chi connectivity index (χ0n) is 12.5. The third-order valence-corrected chi connectivity index (χ3v) is 4.85. The summed E-state index contributed by atoms with van der Waals surface area (Å²) in [5, 5.41) is 7.22. The van der Waals surface area contributed by atoms with E-state index in [0.29, 0.717) is 0 Å². The number of thiazole rings is 1. The third kappa shape index (κ3) is 3.14. The normalized spacial score (nSPS) is 11.1. The number of aromatic nitrogens is 1. The lowest BCUT2D eigenvalue weighted by Crippen LogP contribution is -2.11. The van der Waals surface area contributed by atoms with Crippen LogP contribution in [0.4, 0.5) is 0 Å². The van der Waals surface area contributed by atoms with Gasteiger partial charge in [-0.1, -0.05) is 49.4 Å². The summed E-state index contributed by atoms with van der Waals surface area (Å²) in [5.74, 6) is 0. The number of hydrogen-bond donors (Lipinski definition) is 1. The fraction of sp³-hybridized carbons (Fsp3) is 0.278. The largest absolute Gasteiger partial charge is 0.312 e. The summed E-state index contributed by atoms with van der Waals surface area (Å²) in [4.78, 5) is 6.10. The highest BCUT2D eigenvalue weighted by Gasteiger charge is 2.09. The zero-order valence-corrected chi connectivity index (χ0v) is 13.3. The number of benzene rings is 2. The molecule has 1 heterocycles. The lowest BCUT2D eigenvalue weighted by Gasteiger charge is -2.04. The third-order valence-electron chi connectivity index (χ3n) is 3.69. The van der Waals surface area contributed by atoms with Crippen LogP contribution in [0.2, 0.25) is 0 Å². The first-order valence-corrected chi connectivity index (χ1v) is 8.22. The molecule has 3 aromatic rings. The summed E-state index contributed by atoms with van der Waals surface area (Å²) < 4.78 is 0. The second-order valence-electron chi connectivity index (χ2n) is 5.21.